The van der Waals surface area contributed by atoms with Crippen LogP contribution in [0.2, 0.25) is 0 Å². The number of hydrogen-bond donors (Lipinski definition) is 4. The zero-order chi connectivity index (χ0) is 19.3. The summed E-state index contributed by atoms with van der Waals surface area (Å²) in [6, 6.07) is 0. The first-order valence-electron chi connectivity index (χ1n) is 9.36. The van der Waals surface area contributed by atoms with Crippen LogP contribution in [0.1, 0.15) is 90.4 Å². The van der Waals surface area contributed by atoms with Crippen molar-refractivity contribution in [2.75, 3.05) is 0 Å². The predicted molar refractivity (Wildman–Crippen MR) is 99.1 cm³/mol. The van der Waals surface area contributed by atoms with E-state index in [-0.39, 0.29) is 6.10 Å². The van der Waals surface area contributed by atoms with Crippen LogP contribution in [0.3, 0.4) is 0 Å². The van der Waals surface area contributed by atoms with E-state index in [0.29, 0.717) is 6.42 Å². The lowest BCUT2D eigenvalue weighted by molar-refractivity contribution is -0.137. The molecule has 0 aromatic carbocycles. The van der Waals surface area contributed by atoms with Crippen LogP contribution in [0.15, 0.2) is 12.2 Å². The highest BCUT2D eigenvalue weighted by molar-refractivity contribution is 5.66. The van der Waals surface area contributed by atoms with Gasteiger partial charge in [0.25, 0.3) is 0 Å². The Hall–Kier alpha value is -1.56. The normalized spacial score (nSPS) is 11.8. The smallest absolute Gasteiger partial charge is 0.481 e. The number of aliphatic hydroxyl groups is 1. The summed E-state index contributed by atoms with van der Waals surface area (Å²) in [5.74, 6) is -0.689. The molecule has 0 aliphatic rings. The summed E-state index contributed by atoms with van der Waals surface area (Å²) in [6.45, 7) is 2.20. The molecule has 0 bridgehead atoms. The number of allylic oxidation sites excluding steroid dienone is 1. The third-order valence-corrected chi connectivity index (χ3v) is 3.73. The third-order valence-electron chi connectivity index (χ3n) is 3.73. The number of hydrogen-bond acceptors (Lipinski definition) is 3. The minimum atomic E-state index is -1.83. The van der Waals surface area contributed by atoms with E-state index in [9.17, 15) is 9.90 Å². The second kappa shape index (κ2) is 20.5. The molecule has 0 aliphatic carbocycles. The molecule has 0 rings (SSSR count). The van der Waals surface area contributed by atoms with Gasteiger partial charge in [0.1, 0.15) is 0 Å². The SMILES string of the molecule is CCCCCCC(O)C/C=C\CCCCCCCC(=O)O.O=C(O)O. The van der Waals surface area contributed by atoms with Crippen molar-refractivity contribution in [2.45, 2.75) is 96.5 Å². The van der Waals surface area contributed by atoms with Gasteiger partial charge < -0.3 is 20.4 Å². The molecule has 0 fully saturated rings. The first-order valence-corrected chi connectivity index (χ1v) is 9.36. The molecule has 0 aliphatic heterocycles. The van der Waals surface area contributed by atoms with Crippen molar-refractivity contribution < 1.29 is 30.0 Å². The van der Waals surface area contributed by atoms with Crippen LogP contribution in [-0.2, 0) is 4.79 Å². The molecule has 0 radical (unpaired) electrons. The van der Waals surface area contributed by atoms with Gasteiger partial charge in [-0.3, -0.25) is 4.79 Å². The lowest BCUT2D eigenvalue weighted by Crippen LogP contribution is -2.04. The maximum atomic E-state index is 10.3. The molecule has 0 aromatic rings. The summed E-state index contributed by atoms with van der Waals surface area (Å²) in [5.41, 5.74) is 0. The predicted octanol–water partition coefficient (Wildman–Crippen LogP) is 5.30. The van der Waals surface area contributed by atoms with Crippen molar-refractivity contribution in [3.8, 4) is 0 Å². The van der Waals surface area contributed by atoms with E-state index in [1.165, 1.54) is 25.7 Å². The van der Waals surface area contributed by atoms with Gasteiger partial charge in [-0.2, -0.15) is 0 Å². The summed E-state index contributed by atoms with van der Waals surface area (Å²) >= 11 is 0. The summed E-state index contributed by atoms with van der Waals surface area (Å²) in [4.78, 5) is 18.9. The van der Waals surface area contributed by atoms with Crippen molar-refractivity contribution in [1.82, 2.24) is 0 Å². The van der Waals surface area contributed by atoms with Gasteiger partial charge in [-0.1, -0.05) is 64.0 Å². The Morgan fingerprint density at radius 2 is 1.40 bits per heavy atom. The Morgan fingerprint density at radius 1 is 0.840 bits per heavy atom. The van der Waals surface area contributed by atoms with E-state index in [4.69, 9.17) is 20.1 Å². The van der Waals surface area contributed by atoms with Gasteiger partial charge in [0.2, 0.25) is 0 Å². The fourth-order valence-corrected chi connectivity index (χ4v) is 2.36. The average Bonchev–Trinajstić information content (AvgIpc) is 2.52. The van der Waals surface area contributed by atoms with Crippen LogP contribution in [0.25, 0.3) is 0 Å². The van der Waals surface area contributed by atoms with Crippen LogP contribution in [0.4, 0.5) is 4.79 Å². The molecule has 0 saturated carbocycles. The molecule has 0 spiro atoms. The molecular formula is C19H36O6. The lowest BCUT2D eigenvalue weighted by Gasteiger charge is -2.07. The fraction of sp³-hybridized carbons (Fsp3) is 0.789. The Morgan fingerprint density at radius 3 is 2.00 bits per heavy atom. The molecule has 6 nitrogen and oxygen atoms in total. The Bertz CT molecular complexity index is 337. The maximum absolute atomic E-state index is 10.3. The third kappa shape index (κ3) is 30.8. The number of aliphatic carboxylic acids is 1. The minimum Gasteiger partial charge on any atom is -0.481 e. The van der Waals surface area contributed by atoms with Crippen molar-refractivity contribution in [3.63, 3.8) is 0 Å². The summed E-state index contributed by atoms with van der Waals surface area (Å²) in [5, 5.41) is 32.2. The molecule has 0 amide bonds. The van der Waals surface area contributed by atoms with Crippen LogP contribution in [-0.4, -0.2) is 38.7 Å². The summed E-state index contributed by atoms with van der Waals surface area (Å²) in [7, 11) is 0. The van der Waals surface area contributed by atoms with Crippen LogP contribution < -0.4 is 0 Å². The zero-order valence-corrected chi connectivity index (χ0v) is 15.5. The van der Waals surface area contributed by atoms with Crippen molar-refractivity contribution in [1.29, 1.82) is 0 Å². The fourth-order valence-electron chi connectivity index (χ4n) is 2.36. The molecule has 25 heavy (non-hydrogen) atoms. The Balaban J connectivity index is 0. The van der Waals surface area contributed by atoms with Crippen molar-refractivity contribution in [3.05, 3.63) is 12.2 Å². The molecule has 0 aromatic heterocycles. The van der Waals surface area contributed by atoms with Crippen LogP contribution in [0.5, 0.6) is 0 Å². The van der Waals surface area contributed by atoms with Gasteiger partial charge in [0.05, 0.1) is 6.10 Å². The summed E-state index contributed by atoms with van der Waals surface area (Å²) < 4.78 is 0. The van der Waals surface area contributed by atoms with Gasteiger partial charge in [0.15, 0.2) is 0 Å². The van der Waals surface area contributed by atoms with Gasteiger partial charge in [-0.25, -0.2) is 4.79 Å². The van der Waals surface area contributed by atoms with Crippen molar-refractivity contribution >= 4 is 12.1 Å². The number of carboxylic acids is 1. The molecule has 1 unspecified atom stereocenters. The number of carboxylic acid groups (broad SMARTS) is 3. The zero-order valence-electron chi connectivity index (χ0n) is 15.5. The maximum Gasteiger partial charge on any atom is 0.503 e. The molecule has 6 heteroatoms. The van der Waals surface area contributed by atoms with E-state index in [2.05, 4.69) is 19.1 Å². The lowest BCUT2D eigenvalue weighted by atomic mass is 10.1. The number of rotatable bonds is 15. The first kappa shape index (κ1) is 25.7. The quantitative estimate of drug-likeness (QED) is 0.233. The molecule has 4 N–H and O–H groups in total. The van der Waals surface area contributed by atoms with E-state index in [1.807, 2.05) is 0 Å². The molecule has 1 atom stereocenters. The highest BCUT2D eigenvalue weighted by Gasteiger charge is 2.00. The molecule has 0 saturated heterocycles. The van der Waals surface area contributed by atoms with Gasteiger partial charge in [-0.15, -0.1) is 0 Å². The average molecular weight is 360 g/mol. The number of carbonyl (C=O) groups is 2. The Labute approximate surface area is 151 Å². The second-order valence-corrected chi connectivity index (χ2v) is 6.19. The van der Waals surface area contributed by atoms with E-state index in [0.717, 1.165) is 51.4 Å². The van der Waals surface area contributed by atoms with Gasteiger partial charge in [0, 0.05) is 6.42 Å². The standard InChI is InChI=1S/C18H34O3.CH2O3/c1-2-3-4-11-14-17(19)15-12-9-7-5-6-8-10-13-16-18(20)21;2-1(3)4/h9,12,17,19H,2-8,10-11,13-16H2,1H3,(H,20,21);(H2,2,3,4)/b12-9-;. The van der Waals surface area contributed by atoms with Crippen LogP contribution >= 0.6 is 0 Å². The molecule has 148 valence electrons. The highest BCUT2D eigenvalue weighted by atomic mass is 16.6. The van der Waals surface area contributed by atoms with Crippen molar-refractivity contribution in [2.24, 2.45) is 0 Å². The van der Waals surface area contributed by atoms with Crippen LogP contribution in [0, 0.1) is 0 Å². The summed E-state index contributed by atoms with van der Waals surface area (Å²) in [6.07, 6.45) is 15.5. The monoisotopic (exact) mass is 360 g/mol. The Kier molecular flexibility index (Phi) is 21.0. The molecule has 0 heterocycles. The largest absolute Gasteiger partial charge is 0.503 e. The van der Waals surface area contributed by atoms with E-state index < -0.39 is 12.1 Å². The number of aliphatic hydroxyl groups excluding tert-OH is 1. The van der Waals surface area contributed by atoms with E-state index in [1.54, 1.807) is 0 Å². The van der Waals surface area contributed by atoms with Gasteiger partial charge in [-0.05, 0) is 32.1 Å². The molecular weight excluding hydrogens is 324 g/mol. The van der Waals surface area contributed by atoms with E-state index >= 15 is 0 Å². The second-order valence-electron chi connectivity index (χ2n) is 6.19. The number of unbranched alkanes of at least 4 members (excludes halogenated alkanes) is 8. The highest BCUT2D eigenvalue weighted by Crippen LogP contribution is 2.10. The first-order chi connectivity index (χ1) is 11.9. The van der Waals surface area contributed by atoms with Gasteiger partial charge >= 0.3 is 12.1 Å². The topological polar surface area (TPSA) is 115 Å². The minimum absolute atomic E-state index is 0.172.